The Morgan fingerprint density at radius 1 is 1.26 bits per heavy atom. The summed E-state index contributed by atoms with van der Waals surface area (Å²) in [6, 6.07) is 13.9. The van der Waals surface area contributed by atoms with Crippen LogP contribution in [0.5, 0.6) is 5.75 Å². The highest BCUT2D eigenvalue weighted by atomic mass is 16.7. The van der Waals surface area contributed by atoms with Crippen molar-refractivity contribution in [3.8, 4) is 11.9 Å². The molecule has 0 radical (unpaired) electrons. The van der Waals surface area contributed by atoms with Crippen molar-refractivity contribution in [2.45, 2.75) is 44.4 Å². The molecule has 0 spiro atoms. The van der Waals surface area contributed by atoms with Crippen LogP contribution in [-0.2, 0) is 20.8 Å². The molecule has 4 N–H and O–H groups in total. The zero-order chi connectivity index (χ0) is 24.7. The molecular weight excluding hydrogens is 438 g/mol. The number of aliphatic imine (C=N–C) groups is 1. The number of carbonyl (C=O) groups is 1. The Morgan fingerprint density at radius 2 is 1.97 bits per heavy atom. The van der Waals surface area contributed by atoms with Crippen LogP contribution in [0.2, 0.25) is 0 Å². The molecule has 1 heterocycles. The van der Waals surface area contributed by atoms with Gasteiger partial charge in [0.2, 0.25) is 18.1 Å². The quantitative estimate of drug-likeness (QED) is 0.210. The molecule has 1 aliphatic rings. The number of hydrogen-bond acceptors (Lipinski definition) is 7. The highest BCUT2D eigenvalue weighted by Crippen LogP contribution is 2.43. The number of anilines is 1. The lowest BCUT2D eigenvalue weighted by Crippen LogP contribution is -2.62. The van der Waals surface area contributed by atoms with Gasteiger partial charge in [-0.1, -0.05) is 30.3 Å². The molecule has 180 valence electrons. The van der Waals surface area contributed by atoms with Gasteiger partial charge in [0.25, 0.3) is 0 Å². The summed E-state index contributed by atoms with van der Waals surface area (Å²) in [5, 5.41) is 29.6. The van der Waals surface area contributed by atoms with Crippen LogP contribution in [0.4, 0.5) is 5.69 Å². The molecule has 0 saturated carbocycles. The summed E-state index contributed by atoms with van der Waals surface area (Å²) >= 11 is 0. The number of fused-ring (bicyclic) bond motifs is 1. The standard InChI is InChI=1S/C24H29N5O5/c1-15(30)28-17-10-11-19-18(12-17)20(21(31)24(2,34-19)22(32-3)33-4)29-23(27-14-25)26-13-16-8-6-5-7-9-16/h5-12,20-22,31H,13H2,1-4H3,(H,28,30)(H2,26,27,29)/t20-,21+,24+/m1/s1. The minimum absolute atomic E-state index is 0.168. The summed E-state index contributed by atoms with van der Waals surface area (Å²) in [5.41, 5.74) is 0.776. The number of nitrogens with zero attached hydrogens (tertiary/aromatic N) is 2. The van der Waals surface area contributed by atoms with Gasteiger partial charge in [0, 0.05) is 38.9 Å². The summed E-state index contributed by atoms with van der Waals surface area (Å²) in [6.07, 6.45) is -0.315. The number of guanidine groups is 1. The van der Waals surface area contributed by atoms with Gasteiger partial charge in [-0.15, -0.1) is 4.99 Å². The molecule has 3 rings (SSSR count). The first kappa shape index (κ1) is 25.0. The maximum Gasteiger partial charge on any atom is 0.221 e. The smallest absolute Gasteiger partial charge is 0.221 e. The van der Waals surface area contributed by atoms with Crippen molar-refractivity contribution in [3.63, 3.8) is 0 Å². The second-order valence-corrected chi connectivity index (χ2v) is 7.99. The fourth-order valence-electron chi connectivity index (χ4n) is 3.97. The molecule has 0 aromatic heterocycles. The number of carbonyl (C=O) groups excluding carboxylic acids is 1. The maximum absolute atomic E-state index is 11.6. The topological polar surface area (TPSA) is 137 Å². The molecule has 0 bridgehead atoms. The number of nitriles is 1. The van der Waals surface area contributed by atoms with Crippen molar-refractivity contribution in [2.24, 2.45) is 4.99 Å². The van der Waals surface area contributed by atoms with Gasteiger partial charge in [-0.3, -0.25) is 4.79 Å². The van der Waals surface area contributed by atoms with Gasteiger partial charge in [-0.05, 0) is 30.7 Å². The normalized spacial score (nSPS) is 21.7. The number of hydrogen-bond donors (Lipinski definition) is 4. The van der Waals surface area contributed by atoms with Crippen LogP contribution in [0.3, 0.4) is 0 Å². The Hall–Kier alpha value is -3.65. The third-order valence-electron chi connectivity index (χ3n) is 5.55. The molecule has 2 aromatic rings. The Morgan fingerprint density at radius 3 is 2.59 bits per heavy atom. The van der Waals surface area contributed by atoms with Gasteiger partial charge in [0.15, 0.2) is 11.9 Å². The zero-order valence-corrected chi connectivity index (χ0v) is 19.5. The fraction of sp³-hybridized carbons (Fsp3) is 0.375. The second-order valence-electron chi connectivity index (χ2n) is 7.99. The molecule has 1 amide bonds. The van der Waals surface area contributed by atoms with Gasteiger partial charge >= 0.3 is 0 Å². The van der Waals surface area contributed by atoms with Crippen LogP contribution in [0, 0.1) is 11.5 Å². The van der Waals surface area contributed by atoms with Crippen LogP contribution in [-0.4, -0.2) is 49.2 Å². The molecule has 10 heteroatoms. The lowest BCUT2D eigenvalue weighted by Gasteiger charge is -2.47. The number of aliphatic hydroxyl groups excluding tert-OH is 1. The summed E-state index contributed by atoms with van der Waals surface area (Å²) in [4.78, 5) is 15.4. The first-order valence-electron chi connectivity index (χ1n) is 10.7. The number of aliphatic hydroxyl groups is 1. The van der Waals surface area contributed by atoms with Gasteiger partial charge in [-0.25, -0.2) is 0 Å². The number of rotatable bonds is 7. The van der Waals surface area contributed by atoms with E-state index < -0.39 is 24.0 Å². The van der Waals surface area contributed by atoms with Crippen molar-refractivity contribution >= 4 is 17.6 Å². The molecule has 0 saturated heterocycles. The first-order valence-corrected chi connectivity index (χ1v) is 10.7. The van der Waals surface area contributed by atoms with Crippen molar-refractivity contribution in [1.29, 1.82) is 5.26 Å². The number of methoxy groups -OCH3 is 2. The van der Waals surface area contributed by atoms with Crippen molar-refractivity contribution in [2.75, 3.05) is 19.5 Å². The molecule has 34 heavy (non-hydrogen) atoms. The highest BCUT2D eigenvalue weighted by Gasteiger charge is 2.52. The van der Waals surface area contributed by atoms with E-state index in [4.69, 9.17) is 14.2 Å². The largest absolute Gasteiger partial charge is 0.479 e. The van der Waals surface area contributed by atoms with Crippen LogP contribution < -0.4 is 20.7 Å². The molecule has 0 fully saturated rings. The first-order chi connectivity index (χ1) is 16.3. The summed E-state index contributed by atoms with van der Waals surface area (Å²) < 4.78 is 17.0. The Bertz CT molecular complexity index is 1070. The molecule has 0 unspecified atom stereocenters. The SMILES string of the molecule is COC(OC)[C@@]1(C)Oc2ccc(NC(C)=O)cc2[C@@H](N/C(=N/C#N)NCc2ccccc2)[C@@H]1O. The predicted molar refractivity (Wildman–Crippen MR) is 126 cm³/mol. The van der Waals surface area contributed by atoms with E-state index >= 15 is 0 Å². The minimum Gasteiger partial charge on any atom is -0.479 e. The van der Waals surface area contributed by atoms with Crippen LogP contribution in [0.15, 0.2) is 53.5 Å². The molecule has 10 nitrogen and oxygen atoms in total. The van der Waals surface area contributed by atoms with E-state index in [1.54, 1.807) is 31.3 Å². The van der Waals surface area contributed by atoms with E-state index in [0.717, 1.165) is 5.56 Å². The number of ether oxygens (including phenoxy) is 3. The molecule has 2 aromatic carbocycles. The molecular formula is C24H29N5O5. The number of benzene rings is 2. The lowest BCUT2D eigenvalue weighted by atomic mass is 9.84. The average Bonchev–Trinajstić information content (AvgIpc) is 2.82. The third kappa shape index (κ3) is 5.46. The predicted octanol–water partition coefficient (Wildman–Crippen LogP) is 2.03. The van der Waals surface area contributed by atoms with Gasteiger partial charge in [-0.2, -0.15) is 5.26 Å². The Balaban J connectivity index is 1.98. The monoisotopic (exact) mass is 467 g/mol. The van der Waals surface area contributed by atoms with Crippen molar-refractivity contribution in [3.05, 3.63) is 59.7 Å². The molecule has 0 aliphatic carbocycles. The minimum atomic E-state index is -1.30. The third-order valence-corrected chi connectivity index (χ3v) is 5.55. The van der Waals surface area contributed by atoms with E-state index in [1.807, 2.05) is 30.3 Å². The van der Waals surface area contributed by atoms with E-state index in [0.29, 0.717) is 23.5 Å². The fourth-order valence-corrected chi connectivity index (χ4v) is 3.97. The number of nitrogens with one attached hydrogen (secondary N) is 3. The maximum atomic E-state index is 11.6. The van der Waals surface area contributed by atoms with E-state index in [9.17, 15) is 15.2 Å². The van der Waals surface area contributed by atoms with Gasteiger partial charge in [0.1, 0.15) is 11.9 Å². The molecule has 1 aliphatic heterocycles. The Labute approximate surface area is 198 Å². The number of amides is 1. The summed E-state index contributed by atoms with van der Waals surface area (Å²) in [7, 11) is 2.91. The van der Waals surface area contributed by atoms with Crippen molar-refractivity contribution in [1.82, 2.24) is 10.6 Å². The van der Waals surface area contributed by atoms with E-state index in [1.165, 1.54) is 21.1 Å². The second kappa shape index (κ2) is 11.0. The summed E-state index contributed by atoms with van der Waals surface area (Å²) in [6.45, 7) is 3.49. The zero-order valence-electron chi connectivity index (χ0n) is 19.5. The van der Waals surface area contributed by atoms with Crippen LogP contribution in [0.25, 0.3) is 0 Å². The van der Waals surface area contributed by atoms with Crippen LogP contribution >= 0.6 is 0 Å². The van der Waals surface area contributed by atoms with E-state index in [-0.39, 0.29) is 11.9 Å². The van der Waals surface area contributed by atoms with Gasteiger partial charge in [0.05, 0.1) is 6.04 Å². The molecule has 3 atom stereocenters. The van der Waals surface area contributed by atoms with Crippen LogP contribution in [0.1, 0.15) is 31.0 Å². The van der Waals surface area contributed by atoms with E-state index in [2.05, 4.69) is 20.9 Å². The van der Waals surface area contributed by atoms with Crippen molar-refractivity contribution < 1.29 is 24.1 Å². The van der Waals surface area contributed by atoms with Gasteiger partial charge < -0.3 is 35.3 Å². The average molecular weight is 468 g/mol. The Kier molecular flexibility index (Phi) is 8.07. The highest BCUT2D eigenvalue weighted by molar-refractivity contribution is 5.89. The summed E-state index contributed by atoms with van der Waals surface area (Å²) in [5.74, 6) is 0.390. The lowest BCUT2D eigenvalue weighted by molar-refractivity contribution is -0.238.